The zero-order valence-electron chi connectivity index (χ0n) is 32.4. The number of nitrogens with zero attached hydrogens (tertiary/aromatic N) is 1. The smallest absolute Gasteiger partial charge is 0.242 e. The maximum absolute atomic E-state index is 13.8. The van der Waals surface area contributed by atoms with Gasteiger partial charge in [0.05, 0.1) is 37.9 Å². The number of anilines is 1. The minimum atomic E-state index is -3.99. The number of fused-ring (bicyclic) bond motifs is 1. The molecule has 0 aliphatic carbocycles. The van der Waals surface area contributed by atoms with E-state index < -0.39 is 28.3 Å². The van der Waals surface area contributed by atoms with Crippen molar-refractivity contribution < 1.29 is 37.3 Å². The summed E-state index contributed by atoms with van der Waals surface area (Å²) in [5.41, 5.74) is 7.28. The van der Waals surface area contributed by atoms with Crippen LogP contribution in [0.5, 0.6) is 11.5 Å². The lowest BCUT2D eigenvalue weighted by Gasteiger charge is -2.39. The summed E-state index contributed by atoms with van der Waals surface area (Å²) in [6.45, 7) is 4.14. The van der Waals surface area contributed by atoms with Crippen molar-refractivity contribution in [2.45, 2.75) is 68.8 Å². The predicted octanol–water partition coefficient (Wildman–Crippen LogP) is 6.64. The van der Waals surface area contributed by atoms with Gasteiger partial charge in [-0.2, -0.15) is 4.72 Å². The van der Waals surface area contributed by atoms with E-state index in [4.69, 9.17) is 18.9 Å². The zero-order valence-corrected chi connectivity index (χ0v) is 33.2. The van der Waals surface area contributed by atoms with E-state index in [9.17, 15) is 18.3 Å². The molecule has 1 amide bonds. The summed E-state index contributed by atoms with van der Waals surface area (Å²) >= 11 is 0. The van der Waals surface area contributed by atoms with Crippen molar-refractivity contribution in [3.8, 4) is 11.5 Å². The molecular weight excluding hydrogens is 743 g/mol. The van der Waals surface area contributed by atoms with Crippen molar-refractivity contribution in [1.82, 2.24) is 9.62 Å². The Morgan fingerprint density at radius 3 is 2.18 bits per heavy atom. The molecule has 11 nitrogen and oxygen atoms in total. The molecule has 57 heavy (non-hydrogen) atoms. The van der Waals surface area contributed by atoms with Crippen molar-refractivity contribution in [3.05, 3.63) is 154 Å². The van der Waals surface area contributed by atoms with Crippen molar-refractivity contribution in [2.75, 3.05) is 32.6 Å². The van der Waals surface area contributed by atoms with E-state index in [0.29, 0.717) is 24.4 Å². The average molecular weight is 792 g/mol. The molecule has 1 fully saturated rings. The maximum Gasteiger partial charge on any atom is 0.242 e. The fraction of sp³-hybridized carbons (Fsp3) is 0.311. The lowest BCUT2D eigenvalue weighted by Crippen LogP contribution is -2.45. The molecule has 2 heterocycles. The highest BCUT2D eigenvalue weighted by Gasteiger charge is 2.34. The van der Waals surface area contributed by atoms with Crippen LogP contribution in [0.15, 0.2) is 120 Å². The number of ether oxygens (including phenoxy) is 4. The van der Waals surface area contributed by atoms with Crippen molar-refractivity contribution in [1.29, 1.82) is 0 Å². The lowest BCUT2D eigenvalue weighted by molar-refractivity contribution is -0.253. The van der Waals surface area contributed by atoms with Gasteiger partial charge in [-0.3, -0.25) is 9.69 Å². The first kappa shape index (κ1) is 40.1. The van der Waals surface area contributed by atoms with Gasteiger partial charge in [-0.15, -0.1) is 0 Å². The molecule has 4 unspecified atom stereocenters. The second kappa shape index (κ2) is 18.0. The molecule has 2 aliphatic rings. The highest BCUT2D eigenvalue weighted by atomic mass is 32.2. The molecule has 4 atom stereocenters. The monoisotopic (exact) mass is 791 g/mol. The Morgan fingerprint density at radius 2 is 1.51 bits per heavy atom. The Bertz CT molecular complexity index is 2230. The van der Waals surface area contributed by atoms with Gasteiger partial charge in [-0.05, 0) is 84.0 Å². The highest BCUT2D eigenvalue weighted by molar-refractivity contribution is 7.89. The Hall–Kier alpha value is -5.08. The SMILES string of the molecule is COc1cc2c(cc1OC)CN(CC1CC(c3ccc(CO)cc3)OC(c3ccc(NC(=O)C(Cc4ccccc4)NS(=O)(=O)c4ccc(C)cc4)cc3)O1)CC2. The summed E-state index contributed by atoms with van der Waals surface area (Å²) in [7, 11) is -0.695. The number of carbonyl (C=O) groups is 1. The molecule has 5 aromatic rings. The number of hydrogen-bond acceptors (Lipinski definition) is 9. The van der Waals surface area contributed by atoms with Crippen LogP contribution in [-0.2, 0) is 50.3 Å². The molecule has 2 aliphatic heterocycles. The van der Waals surface area contributed by atoms with Crippen LogP contribution in [0, 0.1) is 6.92 Å². The first-order chi connectivity index (χ1) is 27.6. The second-order valence-corrected chi connectivity index (χ2v) is 16.3. The van der Waals surface area contributed by atoms with Gasteiger partial charge in [0.1, 0.15) is 6.04 Å². The first-order valence-electron chi connectivity index (χ1n) is 19.1. The number of aryl methyl sites for hydroxylation is 1. The molecule has 0 bridgehead atoms. The molecule has 5 aromatic carbocycles. The number of aliphatic hydroxyl groups is 1. The summed E-state index contributed by atoms with van der Waals surface area (Å²) in [5.74, 6) is 0.954. The number of rotatable bonds is 14. The van der Waals surface area contributed by atoms with Crippen LogP contribution in [0.3, 0.4) is 0 Å². The molecule has 0 saturated carbocycles. The van der Waals surface area contributed by atoms with Gasteiger partial charge in [-0.25, -0.2) is 8.42 Å². The molecule has 298 valence electrons. The number of sulfonamides is 1. The molecule has 0 radical (unpaired) electrons. The highest BCUT2D eigenvalue weighted by Crippen LogP contribution is 2.39. The normalized spacial score (nSPS) is 19.0. The van der Waals surface area contributed by atoms with Gasteiger partial charge in [0, 0.05) is 37.3 Å². The van der Waals surface area contributed by atoms with Crippen LogP contribution in [0.25, 0.3) is 0 Å². The Balaban J connectivity index is 1.07. The van der Waals surface area contributed by atoms with Crippen molar-refractivity contribution >= 4 is 21.6 Å². The van der Waals surface area contributed by atoms with Crippen molar-refractivity contribution in [3.63, 3.8) is 0 Å². The third kappa shape index (κ3) is 9.90. The largest absolute Gasteiger partial charge is 0.493 e. The molecule has 0 spiro atoms. The van der Waals surface area contributed by atoms with Gasteiger partial charge < -0.3 is 29.4 Å². The predicted molar refractivity (Wildman–Crippen MR) is 217 cm³/mol. The second-order valence-electron chi connectivity index (χ2n) is 14.6. The summed E-state index contributed by atoms with van der Waals surface area (Å²) in [6, 6.07) is 33.9. The number of amides is 1. The average Bonchev–Trinajstić information content (AvgIpc) is 3.23. The van der Waals surface area contributed by atoms with Gasteiger partial charge in [0.25, 0.3) is 0 Å². The third-order valence-corrected chi connectivity index (χ3v) is 12.0. The standard InChI is InChI=1S/C45H49N3O8S/c1-30-9-19-39(20-10-30)57(51,52)47-40(23-31-7-5-4-6-8-31)44(50)46-37-17-15-34(16-18-37)45-55-38(26-41(56-45)33-13-11-32(29-49)12-14-33)28-48-22-21-35-24-42(53-2)43(54-3)25-36(35)27-48/h4-20,24-25,38,40-41,45,47,49H,21-23,26-29H2,1-3H3,(H,46,50). The zero-order chi connectivity index (χ0) is 39.9. The number of hydrogen-bond donors (Lipinski definition) is 3. The number of nitrogens with one attached hydrogen (secondary N) is 2. The lowest BCUT2D eigenvalue weighted by atomic mass is 9.97. The van der Waals surface area contributed by atoms with Gasteiger partial charge in [0.2, 0.25) is 15.9 Å². The first-order valence-corrected chi connectivity index (χ1v) is 20.6. The molecule has 3 N–H and O–H groups in total. The van der Waals surface area contributed by atoms with Gasteiger partial charge in [-0.1, -0.05) is 84.4 Å². The third-order valence-electron chi connectivity index (χ3n) is 10.6. The van der Waals surface area contributed by atoms with E-state index in [1.807, 2.05) is 73.7 Å². The fourth-order valence-electron chi connectivity index (χ4n) is 7.38. The molecule has 1 saturated heterocycles. The summed E-state index contributed by atoms with van der Waals surface area (Å²) in [4.78, 5) is 16.2. The number of aliphatic hydroxyl groups excluding tert-OH is 1. The van der Waals surface area contributed by atoms with Crippen LogP contribution < -0.4 is 19.5 Å². The maximum atomic E-state index is 13.8. The van der Waals surface area contributed by atoms with Gasteiger partial charge in [0.15, 0.2) is 17.8 Å². The van der Waals surface area contributed by atoms with Crippen LogP contribution in [0.1, 0.15) is 57.8 Å². The number of methoxy groups -OCH3 is 2. The fourth-order valence-corrected chi connectivity index (χ4v) is 8.58. The topological polar surface area (TPSA) is 136 Å². The van der Waals surface area contributed by atoms with E-state index in [1.165, 1.54) is 23.3 Å². The van der Waals surface area contributed by atoms with Gasteiger partial charge >= 0.3 is 0 Å². The van der Waals surface area contributed by atoms with Crippen LogP contribution in [-0.4, -0.2) is 63.8 Å². The minimum absolute atomic E-state index is 0.0399. The minimum Gasteiger partial charge on any atom is -0.493 e. The summed E-state index contributed by atoms with van der Waals surface area (Å²) < 4.78 is 53.8. The Morgan fingerprint density at radius 1 is 0.842 bits per heavy atom. The Labute approximate surface area is 334 Å². The summed E-state index contributed by atoms with van der Waals surface area (Å²) in [5, 5.41) is 12.6. The van der Waals surface area contributed by atoms with Crippen LogP contribution in [0.2, 0.25) is 0 Å². The van der Waals surface area contributed by atoms with E-state index in [2.05, 4.69) is 27.1 Å². The van der Waals surface area contributed by atoms with E-state index >= 15 is 0 Å². The van der Waals surface area contributed by atoms with Crippen LogP contribution in [0.4, 0.5) is 5.69 Å². The van der Waals surface area contributed by atoms with E-state index in [1.54, 1.807) is 38.5 Å². The Kier molecular flexibility index (Phi) is 12.7. The quantitative estimate of drug-likeness (QED) is 0.113. The molecule has 7 rings (SSSR count). The van der Waals surface area contributed by atoms with E-state index in [0.717, 1.165) is 53.1 Å². The number of benzene rings is 5. The summed E-state index contributed by atoms with van der Waals surface area (Å²) in [6.07, 6.45) is 0.562. The number of carbonyl (C=O) groups excluding carboxylic acids is 1. The molecule has 0 aromatic heterocycles. The van der Waals surface area contributed by atoms with E-state index in [-0.39, 0.29) is 30.1 Å². The van der Waals surface area contributed by atoms with Crippen molar-refractivity contribution in [2.24, 2.45) is 0 Å². The molecular formula is C45H49N3O8S. The van der Waals surface area contributed by atoms with Crippen LogP contribution >= 0.6 is 0 Å². The molecule has 12 heteroatoms.